The molecule has 6 rings (SSSR count). The van der Waals surface area contributed by atoms with Crippen molar-refractivity contribution in [2.24, 2.45) is 57.2 Å². The van der Waals surface area contributed by atoms with Gasteiger partial charge in [-0.25, -0.2) is 0 Å². The Morgan fingerprint density at radius 2 is 1.62 bits per heavy atom. The molecule has 0 aliphatic heterocycles. The molecule has 0 heterocycles. The fourth-order valence-corrected chi connectivity index (χ4v) is 10.6. The zero-order valence-corrected chi connectivity index (χ0v) is 24.5. The lowest BCUT2D eigenvalue weighted by Gasteiger charge is -2.67. The zero-order valence-electron chi connectivity index (χ0n) is 24.5. The zero-order chi connectivity index (χ0) is 27.8. The number of rotatable bonds is 3. The Morgan fingerprint density at radius 1 is 0.897 bits per heavy atom. The Balaban J connectivity index is 1.25. The first-order chi connectivity index (χ1) is 18.4. The number of fused-ring (bicyclic) bond motifs is 7. The lowest BCUT2D eigenvalue weighted by Crippen LogP contribution is -2.64. The van der Waals surface area contributed by atoms with E-state index in [0.29, 0.717) is 24.7 Å². The molecular formula is C35H46O4. The molecule has 4 nitrogen and oxygen atoms in total. The smallest absolute Gasteiger partial charge is 0.309 e. The van der Waals surface area contributed by atoms with Gasteiger partial charge in [-0.05, 0) is 96.5 Å². The van der Waals surface area contributed by atoms with Crippen LogP contribution in [-0.2, 0) is 25.7 Å². The van der Waals surface area contributed by atoms with Crippen LogP contribution in [0.15, 0.2) is 42.5 Å². The van der Waals surface area contributed by atoms with Crippen molar-refractivity contribution in [1.29, 1.82) is 0 Å². The van der Waals surface area contributed by atoms with Crippen molar-refractivity contribution in [2.45, 2.75) is 92.6 Å². The first-order valence-electron chi connectivity index (χ1n) is 15.4. The van der Waals surface area contributed by atoms with E-state index in [1.807, 2.05) is 36.4 Å². The average molecular weight is 531 g/mol. The molecule has 0 bridgehead atoms. The van der Waals surface area contributed by atoms with Gasteiger partial charge in [0.15, 0.2) is 5.78 Å². The van der Waals surface area contributed by atoms with Gasteiger partial charge in [0.05, 0.1) is 5.92 Å². The van der Waals surface area contributed by atoms with Crippen LogP contribution in [-0.4, -0.2) is 17.5 Å². The van der Waals surface area contributed by atoms with E-state index in [0.717, 1.165) is 50.5 Å². The largest absolute Gasteiger partial charge is 0.461 e. The molecule has 0 aromatic heterocycles. The molecule has 4 fully saturated rings. The topological polar surface area (TPSA) is 60.4 Å². The van der Waals surface area contributed by atoms with Crippen LogP contribution >= 0.6 is 0 Å². The molecule has 0 radical (unpaired) electrons. The normalized spacial score (nSPS) is 44.4. The second kappa shape index (κ2) is 9.14. The number of hydrogen-bond acceptors (Lipinski definition) is 4. The molecule has 4 heteroatoms. The van der Waals surface area contributed by atoms with E-state index in [4.69, 9.17) is 4.74 Å². The highest BCUT2D eigenvalue weighted by Crippen LogP contribution is 2.70. The molecule has 5 aliphatic carbocycles. The van der Waals surface area contributed by atoms with Gasteiger partial charge in [-0.2, -0.15) is 0 Å². The van der Waals surface area contributed by atoms with Crippen molar-refractivity contribution in [1.82, 2.24) is 0 Å². The maximum atomic E-state index is 14.2. The second-order valence-corrected chi connectivity index (χ2v) is 15.1. The van der Waals surface area contributed by atoms with Gasteiger partial charge in [-0.1, -0.05) is 71.0 Å². The number of ether oxygens (including phenoxy) is 1. The van der Waals surface area contributed by atoms with Gasteiger partial charge < -0.3 is 4.74 Å². The number of allylic oxidation sites excluding steroid dienone is 2. The van der Waals surface area contributed by atoms with Gasteiger partial charge in [0, 0.05) is 17.8 Å². The molecule has 1 aromatic rings. The van der Waals surface area contributed by atoms with Crippen molar-refractivity contribution < 1.29 is 19.1 Å². The third-order valence-corrected chi connectivity index (χ3v) is 12.9. The minimum atomic E-state index is -0.382. The van der Waals surface area contributed by atoms with E-state index in [-0.39, 0.29) is 63.0 Å². The van der Waals surface area contributed by atoms with Crippen LogP contribution in [0.2, 0.25) is 0 Å². The van der Waals surface area contributed by atoms with E-state index in [1.54, 1.807) is 0 Å². The average Bonchev–Trinajstić information content (AvgIpc) is 2.90. The molecule has 1 aromatic carbocycles. The third kappa shape index (κ3) is 4.02. The summed E-state index contributed by atoms with van der Waals surface area (Å²) in [6.45, 7) is 11.7. The summed E-state index contributed by atoms with van der Waals surface area (Å²) in [6.07, 6.45) is 11.6. The van der Waals surface area contributed by atoms with Crippen LogP contribution < -0.4 is 0 Å². The van der Waals surface area contributed by atoms with E-state index >= 15 is 0 Å². The quantitative estimate of drug-likeness (QED) is 0.383. The number of ketones is 2. The molecule has 4 saturated carbocycles. The standard InChI is InChI=1S/C35H46O4/c1-32(2)27-13-17-34(4)24-12-16-33(3)15-11-23(31(38)39-21-22-9-7-6-8-10-22)19-25(33)30(24)26(36)20-28(34)35(27,5)18-14-29(32)37/h6-10,14,18,23-25,27-28,30H,11-13,15-17,19-21H2,1-5H3. The summed E-state index contributed by atoms with van der Waals surface area (Å²) in [5.41, 5.74) is 0.689. The fraction of sp³-hybridized carbons (Fsp3) is 0.686. The van der Waals surface area contributed by atoms with Crippen molar-refractivity contribution in [2.75, 3.05) is 0 Å². The second-order valence-electron chi connectivity index (χ2n) is 15.1. The van der Waals surface area contributed by atoms with Gasteiger partial charge in [-0.3, -0.25) is 14.4 Å². The maximum absolute atomic E-state index is 14.2. The predicted octanol–water partition coefficient (Wildman–Crippen LogP) is 7.36. The molecule has 210 valence electrons. The predicted molar refractivity (Wildman–Crippen MR) is 151 cm³/mol. The highest BCUT2D eigenvalue weighted by Gasteiger charge is 2.67. The highest BCUT2D eigenvalue weighted by atomic mass is 16.5. The van der Waals surface area contributed by atoms with Crippen LogP contribution in [0.25, 0.3) is 0 Å². The number of carbonyl (C=O) groups excluding carboxylic acids is 3. The van der Waals surface area contributed by atoms with Crippen molar-refractivity contribution in [3.8, 4) is 0 Å². The minimum absolute atomic E-state index is 0.0390. The first kappa shape index (κ1) is 27.0. The van der Waals surface area contributed by atoms with Crippen LogP contribution in [0.5, 0.6) is 0 Å². The molecule has 39 heavy (non-hydrogen) atoms. The van der Waals surface area contributed by atoms with Crippen molar-refractivity contribution in [3.63, 3.8) is 0 Å². The number of esters is 1. The molecule has 9 unspecified atom stereocenters. The van der Waals surface area contributed by atoms with E-state index in [9.17, 15) is 14.4 Å². The van der Waals surface area contributed by atoms with Crippen LogP contribution in [0.1, 0.15) is 91.5 Å². The summed E-state index contributed by atoms with van der Waals surface area (Å²) in [6, 6.07) is 9.88. The summed E-state index contributed by atoms with van der Waals surface area (Å²) >= 11 is 0. The monoisotopic (exact) mass is 530 g/mol. The summed E-state index contributed by atoms with van der Waals surface area (Å²) in [4.78, 5) is 40.3. The Hall–Kier alpha value is -2.23. The van der Waals surface area contributed by atoms with Gasteiger partial charge in [0.2, 0.25) is 0 Å². The Bertz CT molecular complexity index is 1200. The van der Waals surface area contributed by atoms with Crippen molar-refractivity contribution in [3.05, 3.63) is 48.0 Å². The Morgan fingerprint density at radius 3 is 2.36 bits per heavy atom. The Kier molecular flexibility index (Phi) is 6.32. The van der Waals surface area contributed by atoms with Crippen LogP contribution in [0.4, 0.5) is 0 Å². The van der Waals surface area contributed by atoms with Gasteiger partial charge in [0.1, 0.15) is 12.4 Å². The van der Waals surface area contributed by atoms with Gasteiger partial charge >= 0.3 is 5.97 Å². The van der Waals surface area contributed by atoms with E-state index in [2.05, 4.69) is 40.7 Å². The first-order valence-corrected chi connectivity index (χ1v) is 15.4. The van der Waals surface area contributed by atoms with E-state index in [1.165, 1.54) is 0 Å². The minimum Gasteiger partial charge on any atom is -0.461 e. The summed E-state index contributed by atoms with van der Waals surface area (Å²) < 4.78 is 5.79. The molecular weight excluding hydrogens is 484 g/mol. The number of carbonyl (C=O) groups is 3. The summed E-state index contributed by atoms with van der Waals surface area (Å²) in [5, 5.41) is 0. The lowest BCUT2D eigenvalue weighted by molar-refractivity contribution is -0.188. The molecule has 5 aliphatic rings. The number of benzene rings is 1. The van der Waals surface area contributed by atoms with Crippen LogP contribution in [0, 0.1) is 57.2 Å². The third-order valence-electron chi connectivity index (χ3n) is 12.9. The molecule has 0 spiro atoms. The van der Waals surface area contributed by atoms with Crippen molar-refractivity contribution >= 4 is 17.5 Å². The number of hydrogen-bond donors (Lipinski definition) is 0. The molecule has 9 atom stereocenters. The molecule has 0 saturated heterocycles. The van der Waals surface area contributed by atoms with Crippen LogP contribution in [0.3, 0.4) is 0 Å². The molecule has 0 amide bonds. The molecule has 0 N–H and O–H groups in total. The fourth-order valence-electron chi connectivity index (χ4n) is 10.6. The Labute approximate surface area is 234 Å². The van der Waals surface area contributed by atoms with Gasteiger partial charge in [-0.15, -0.1) is 0 Å². The summed E-state index contributed by atoms with van der Waals surface area (Å²) in [5.74, 6) is 1.61. The van der Waals surface area contributed by atoms with Gasteiger partial charge in [0.25, 0.3) is 0 Å². The highest BCUT2D eigenvalue weighted by molar-refractivity contribution is 5.96. The maximum Gasteiger partial charge on any atom is 0.309 e. The van der Waals surface area contributed by atoms with E-state index < -0.39 is 0 Å². The number of Topliss-reactive ketones (excluding diaryl/α,β-unsaturated/α-hetero) is 1. The lowest BCUT2D eigenvalue weighted by atomic mass is 9.36. The SMILES string of the molecule is CC12CCC(C(=O)OCc3ccccc3)CC1C1C(=O)CC3C4(C)C=CC(=O)C(C)(C)C4CCC3(C)C1CC2. The summed E-state index contributed by atoms with van der Waals surface area (Å²) in [7, 11) is 0.